The van der Waals surface area contributed by atoms with Crippen molar-refractivity contribution >= 4 is 43.7 Å². The van der Waals surface area contributed by atoms with E-state index in [4.69, 9.17) is 9.97 Å². The van der Waals surface area contributed by atoms with E-state index in [1.807, 2.05) is 48.7 Å². The molecule has 0 aliphatic rings. The maximum absolute atomic E-state index is 4.98. The van der Waals surface area contributed by atoms with Gasteiger partial charge in [0.15, 0.2) is 0 Å². The molecule has 0 radical (unpaired) electrons. The summed E-state index contributed by atoms with van der Waals surface area (Å²) in [5.74, 6) is 0. The Bertz CT molecular complexity index is 3160. The van der Waals surface area contributed by atoms with Crippen LogP contribution < -0.4 is 0 Å². The van der Waals surface area contributed by atoms with E-state index in [2.05, 4.69) is 153 Å². The molecule has 0 saturated carbocycles. The molecule has 0 amide bonds. The second-order valence-corrected chi connectivity index (χ2v) is 13.9. The van der Waals surface area contributed by atoms with Crippen LogP contribution in [0.3, 0.4) is 0 Å². The molecular weight excluding hydrogens is 685 g/mol. The first-order valence-corrected chi connectivity index (χ1v) is 18.7. The van der Waals surface area contributed by atoms with Crippen molar-refractivity contribution < 1.29 is 0 Å². The summed E-state index contributed by atoms with van der Waals surface area (Å²) >= 11 is 0. The van der Waals surface area contributed by atoms with Crippen LogP contribution >= 0.6 is 0 Å². The molecule has 6 heteroatoms. The highest BCUT2D eigenvalue weighted by Gasteiger charge is 2.19. The molecule has 0 unspecified atom stereocenters. The summed E-state index contributed by atoms with van der Waals surface area (Å²) in [6.45, 7) is 0. The van der Waals surface area contributed by atoms with Crippen LogP contribution in [-0.2, 0) is 0 Å². The highest BCUT2D eigenvalue weighted by Crippen LogP contribution is 2.41. The molecule has 0 aliphatic heterocycles. The minimum absolute atomic E-state index is 0.805. The fourth-order valence-electron chi connectivity index (χ4n) is 8.17. The zero-order valence-electron chi connectivity index (χ0n) is 30.2. The molecule has 0 saturated heterocycles. The monoisotopic (exact) mass is 716 g/mol. The predicted octanol–water partition coefficient (Wildman–Crippen LogP) is 12.1. The van der Waals surface area contributed by atoms with E-state index >= 15 is 0 Å². The minimum atomic E-state index is 0.805. The van der Waals surface area contributed by atoms with E-state index in [-0.39, 0.29) is 0 Å². The van der Waals surface area contributed by atoms with Crippen LogP contribution in [0.2, 0.25) is 0 Å². The van der Waals surface area contributed by atoms with Gasteiger partial charge in [-0.2, -0.15) is 0 Å². The molecule has 0 N–H and O–H groups in total. The number of para-hydroxylation sites is 3. The van der Waals surface area contributed by atoms with Crippen molar-refractivity contribution in [3.05, 3.63) is 195 Å². The SMILES string of the molecule is c1ccc(-n2c3cc(-c4cccc5c6ccccc6n(-c6ccc(-c7cc(-c8ccccn8)nc(-c8ccccn8)c7)cc6)c45)ccc3c3ncccc32)cc1. The third-order valence-corrected chi connectivity index (χ3v) is 10.7. The summed E-state index contributed by atoms with van der Waals surface area (Å²) in [6, 6.07) is 61.8. The summed E-state index contributed by atoms with van der Waals surface area (Å²) < 4.78 is 4.74. The van der Waals surface area contributed by atoms with E-state index < -0.39 is 0 Å². The Kier molecular flexibility index (Phi) is 7.38. The summed E-state index contributed by atoms with van der Waals surface area (Å²) in [5, 5.41) is 3.55. The standard InChI is InChI=1S/C50H32N6/c1-2-12-36(13-3-1)55-47-20-11-29-53-49(47)41-26-23-34(32-48(41)55)38-15-10-16-40-39-14-4-5-19-46(39)56(50(38)40)37-24-21-33(22-25-37)35-30-44(42-17-6-8-27-51-42)54-45(31-35)43-18-7-9-28-52-43/h1-32H. The van der Waals surface area contributed by atoms with Crippen molar-refractivity contribution in [2.45, 2.75) is 0 Å². The Morgan fingerprint density at radius 2 is 0.982 bits per heavy atom. The molecule has 11 aromatic rings. The van der Waals surface area contributed by atoms with E-state index in [1.165, 1.54) is 16.3 Å². The smallest absolute Gasteiger partial charge is 0.0963 e. The fourth-order valence-corrected chi connectivity index (χ4v) is 8.17. The van der Waals surface area contributed by atoms with Crippen LogP contribution in [0.15, 0.2) is 195 Å². The van der Waals surface area contributed by atoms with Crippen LogP contribution in [0.5, 0.6) is 0 Å². The molecule has 6 aromatic heterocycles. The topological polar surface area (TPSA) is 61.4 Å². The number of rotatable bonds is 6. The lowest BCUT2D eigenvalue weighted by atomic mass is 10.0. The van der Waals surface area contributed by atoms with Crippen molar-refractivity contribution in [3.8, 4) is 56.4 Å². The molecule has 56 heavy (non-hydrogen) atoms. The lowest BCUT2D eigenvalue weighted by Gasteiger charge is -2.14. The van der Waals surface area contributed by atoms with Crippen molar-refractivity contribution in [1.82, 2.24) is 29.1 Å². The van der Waals surface area contributed by atoms with Gasteiger partial charge in [-0.3, -0.25) is 15.0 Å². The van der Waals surface area contributed by atoms with Gasteiger partial charge in [-0.25, -0.2) is 4.98 Å². The predicted molar refractivity (Wildman–Crippen MR) is 228 cm³/mol. The van der Waals surface area contributed by atoms with E-state index in [1.54, 1.807) is 12.4 Å². The second-order valence-electron chi connectivity index (χ2n) is 13.9. The first kappa shape index (κ1) is 31.8. The van der Waals surface area contributed by atoms with Gasteiger partial charge in [0, 0.05) is 51.7 Å². The molecule has 0 fully saturated rings. The Morgan fingerprint density at radius 3 is 1.73 bits per heavy atom. The van der Waals surface area contributed by atoms with Crippen LogP contribution in [0, 0.1) is 0 Å². The average molecular weight is 717 g/mol. The molecular formula is C50H32N6. The van der Waals surface area contributed by atoms with Crippen molar-refractivity contribution in [3.63, 3.8) is 0 Å². The lowest BCUT2D eigenvalue weighted by Crippen LogP contribution is -1.97. The van der Waals surface area contributed by atoms with E-state index in [0.29, 0.717) is 0 Å². The van der Waals surface area contributed by atoms with E-state index in [9.17, 15) is 0 Å². The average Bonchev–Trinajstić information content (AvgIpc) is 3.80. The van der Waals surface area contributed by atoms with Gasteiger partial charge in [0.05, 0.1) is 50.4 Å². The highest BCUT2D eigenvalue weighted by molar-refractivity contribution is 6.15. The number of benzene rings is 5. The lowest BCUT2D eigenvalue weighted by molar-refractivity contribution is 1.17. The number of aromatic nitrogens is 6. The number of fused-ring (bicyclic) bond motifs is 6. The zero-order chi connectivity index (χ0) is 37.0. The Morgan fingerprint density at radius 1 is 0.339 bits per heavy atom. The Labute approximate surface area is 322 Å². The quantitative estimate of drug-likeness (QED) is 0.172. The van der Waals surface area contributed by atoms with Gasteiger partial charge in [0.2, 0.25) is 0 Å². The number of nitrogens with zero attached hydrogens (tertiary/aromatic N) is 6. The first-order valence-electron chi connectivity index (χ1n) is 18.7. The van der Waals surface area contributed by atoms with Crippen LogP contribution in [-0.4, -0.2) is 29.1 Å². The van der Waals surface area contributed by atoms with Crippen molar-refractivity contribution in [2.24, 2.45) is 0 Å². The minimum Gasteiger partial charge on any atom is -0.309 e. The second kappa shape index (κ2) is 13.0. The largest absolute Gasteiger partial charge is 0.309 e. The maximum atomic E-state index is 4.98. The number of hydrogen-bond acceptors (Lipinski definition) is 4. The summed E-state index contributed by atoms with van der Waals surface area (Å²) in [5.41, 5.74) is 15.4. The van der Waals surface area contributed by atoms with Crippen molar-refractivity contribution in [2.75, 3.05) is 0 Å². The maximum Gasteiger partial charge on any atom is 0.0963 e. The Balaban J connectivity index is 1.09. The van der Waals surface area contributed by atoms with Crippen molar-refractivity contribution in [1.29, 1.82) is 0 Å². The number of hydrogen-bond donors (Lipinski definition) is 0. The molecule has 11 rings (SSSR count). The molecule has 5 aromatic carbocycles. The van der Waals surface area contributed by atoms with Gasteiger partial charge in [0.1, 0.15) is 0 Å². The fraction of sp³-hybridized carbons (Fsp3) is 0. The first-order chi connectivity index (χ1) is 27.8. The third kappa shape index (κ3) is 5.19. The zero-order valence-corrected chi connectivity index (χ0v) is 30.2. The van der Waals surface area contributed by atoms with Gasteiger partial charge in [0.25, 0.3) is 0 Å². The summed E-state index contributed by atoms with van der Waals surface area (Å²) in [4.78, 5) is 19.0. The Hall–Kier alpha value is -7.70. The summed E-state index contributed by atoms with van der Waals surface area (Å²) in [6.07, 6.45) is 5.48. The van der Waals surface area contributed by atoms with Gasteiger partial charge >= 0.3 is 0 Å². The third-order valence-electron chi connectivity index (χ3n) is 10.7. The van der Waals surface area contributed by atoms with Crippen LogP contribution in [0.4, 0.5) is 0 Å². The molecule has 6 nitrogen and oxygen atoms in total. The molecule has 6 heterocycles. The van der Waals surface area contributed by atoms with E-state index in [0.717, 1.165) is 83.9 Å². The van der Waals surface area contributed by atoms with Gasteiger partial charge < -0.3 is 9.13 Å². The van der Waals surface area contributed by atoms with Gasteiger partial charge in [-0.1, -0.05) is 84.9 Å². The van der Waals surface area contributed by atoms with Crippen LogP contribution in [0.1, 0.15) is 0 Å². The molecule has 0 aliphatic carbocycles. The normalized spacial score (nSPS) is 11.6. The molecule has 0 spiro atoms. The van der Waals surface area contributed by atoms with Gasteiger partial charge in [-0.15, -0.1) is 0 Å². The highest BCUT2D eigenvalue weighted by atomic mass is 15.0. The van der Waals surface area contributed by atoms with Crippen LogP contribution in [0.25, 0.3) is 100 Å². The molecule has 0 atom stereocenters. The van der Waals surface area contributed by atoms with Gasteiger partial charge in [-0.05, 0) is 108 Å². The number of pyridine rings is 4. The molecule has 262 valence electrons. The molecule has 0 bridgehead atoms. The summed E-state index contributed by atoms with van der Waals surface area (Å²) in [7, 11) is 0.